The third kappa shape index (κ3) is 3.89. The molecule has 3 rings (SSSR count). The molecule has 3 nitrogen and oxygen atoms in total. The fourth-order valence-electron chi connectivity index (χ4n) is 3.00. The van der Waals surface area contributed by atoms with Crippen molar-refractivity contribution in [3.8, 4) is 0 Å². The van der Waals surface area contributed by atoms with E-state index in [0.29, 0.717) is 19.6 Å². The average molecular weight is 334 g/mol. The van der Waals surface area contributed by atoms with E-state index in [2.05, 4.69) is 36.9 Å². The Morgan fingerprint density at radius 1 is 1.08 bits per heavy atom. The van der Waals surface area contributed by atoms with Crippen LogP contribution in [0.25, 0.3) is 21.5 Å². The second kappa shape index (κ2) is 7.95. The monoisotopic (exact) mass is 334 g/mol. The predicted octanol–water partition coefficient (Wildman–Crippen LogP) is 5.02. The van der Waals surface area contributed by atoms with Gasteiger partial charge >= 0.3 is 5.97 Å². The molecule has 0 aliphatic rings. The first-order valence-electron chi connectivity index (χ1n) is 8.53. The zero-order valence-electron chi connectivity index (χ0n) is 14.4. The van der Waals surface area contributed by atoms with Crippen molar-refractivity contribution in [2.45, 2.75) is 26.1 Å². The van der Waals surface area contributed by atoms with Crippen molar-refractivity contribution >= 4 is 27.5 Å². The minimum Gasteiger partial charge on any atom is -0.457 e. The van der Waals surface area contributed by atoms with E-state index in [1.165, 1.54) is 33.2 Å². The van der Waals surface area contributed by atoms with Crippen molar-refractivity contribution in [2.75, 3.05) is 6.61 Å². The average Bonchev–Trinajstić information content (AvgIpc) is 2.66. The molecule has 0 saturated carbocycles. The number of carbonyl (C=O) groups is 1. The van der Waals surface area contributed by atoms with Gasteiger partial charge in [-0.25, -0.2) is 4.79 Å². The molecule has 0 radical (unpaired) electrons. The van der Waals surface area contributed by atoms with Gasteiger partial charge < -0.3 is 9.47 Å². The van der Waals surface area contributed by atoms with Crippen LogP contribution in [0.15, 0.2) is 67.3 Å². The molecule has 25 heavy (non-hydrogen) atoms. The van der Waals surface area contributed by atoms with Crippen LogP contribution in [0, 0.1) is 0 Å². The third-order valence-corrected chi connectivity index (χ3v) is 4.34. The van der Waals surface area contributed by atoms with E-state index in [1.807, 2.05) is 31.2 Å². The summed E-state index contributed by atoms with van der Waals surface area (Å²) in [4.78, 5) is 11.4. The van der Waals surface area contributed by atoms with Crippen LogP contribution in [-0.2, 0) is 20.9 Å². The molecule has 128 valence electrons. The first-order valence-corrected chi connectivity index (χ1v) is 8.53. The Morgan fingerprint density at radius 3 is 2.24 bits per heavy atom. The molecular weight excluding hydrogens is 312 g/mol. The second-order valence-corrected chi connectivity index (χ2v) is 5.98. The molecule has 3 heteroatoms. The van der Waals surface area contributed by atoms with Gasteiger partial charge in [0.05, 0.1) is 13.2 Å². The fraction of sp³-hybridized carbons (Fsp3) is 0.227. The summed E-state index contributed by atoms with van der Waals surface area (Å²) in [6.45, 7) is 6.24. The first-order chi connectivity index (χ1) is 12.2. The van der Waals surface area contributed by atoms with E-state index >= 15 is 0 Å². The SMILES string of the molecule is C=CC(=O)OC(CC)COCc1c2ccccc2cc2ccccc12. The maximum atomic E-state index is 11.4. The van der Waals surface area contributed by atoms with E-state index in [9.17, 15) is 4.79 Å². The topological polar surface area (TPSA) is 35.5 Å². The fourth-order valence-corrected chi connectivity index (χ4v) is 3.00. The highest BCUT2D eigenvalue weighted by Gasteiger charge is 2.12. The van der Waals surface area contributed by atoms with Gasteiger partial charge in [0.1, 0.15) is 6.10 Å². The zero-order chi connectivity index (χ0) is 17.6. The van der Waals surface area contributed by atoms with Crippen LogP contribution in [0.5, 0.6) is 0 Å². The standard InChI is InChI=1S/C22H22O3/c1-3-18(25-22(23)4-2)14-24-15-21-19-11-7-5-9-16(19)13-17-10-6-8-12-20(17)21/h4-13,18H,2-3,14-15H2,1H3. The lowest BCUT2D eigenvalue weighted by atomic mass is 9.97. The van der Waals surface area contributed by atoms with Crippen LogP contribution >= 0.6 is 0 Å². The highest BCUT2D eigenvalue weighted by Crippen LogP contribution is 2.29. The number of ether oxygens (including phenoxy) is 2. The minimum absolute atomic E-state index is 0.258. The lowest BCUT2D eigenvalue weighted by Crippen LogP contribution is -2.21. The molecule has 3 aromatic rings. The van der Waals surface area contributed by atoms with Crippen LogP contribution in [0.4, 0.5) is 0 Å². The quantitative estimate of drug-likeness (QED) is 0.346. The summed E-state index contributed by atoms with van der Waals surface area (Å²) in [5.74, 6) is -0.411. The van der Waals surface area contributed by atoms with Gasteiger partial charge in [0.2, 0.25) is 0 Å². The van der Waals surface area contributed by atoms with Crippen LogP contribution < -0.4 is 0 Å². The van der Waals surface area contributed by atoms with Crippen LogP contribution in [0.2, 0.25) is 0 Å². The minimum atomic E-state index is -0.411. The molecule has 0 heterocycles. The zero-order valence-corrected chi connectivity index (χ0v) is 14.4. The number of fused-ring (bicyclic) bond motifs is 2. The summed E-state index contributed by atoms with van der Waals surface area (Å²) >= 11 is 0. The van der Waals surface area contributed by atoms with E-state index < -0.39 is 5.97 Å². The van der Waals surface area contributed by atoms with Gasteiger partial charge in [-0.05, 0) is 39.6 Å². The molecule has 0 aliphatic heterocycles. The molecule has 0 N–H and O–H groups in total. The van der Waals surface area contributed by atoms with Gasteiger partial charge in [0.15, 0.2) is 0 Å². The van der Waals surface area contributed by atoms with E-state index in [4.69, 9.17) is 9.47 Å². The van der Waals surface area contributed by atoms with Crippen LogP contribution in [0.3, 0.4) is 0 Å². The molecule has 1 unspecified atom stereocenters. The van der Waals surface area contributed by atoms with E-state index in [0.717, 1.165) is 0 Å². The van der Waals surface area contributed by atoms with Gasteiger partial charge in [-0.3, -0.25) is 0 Å². The lowest BCUT2D eigenvalue weighted by Gasteiger charge is -2.17. The van der Waals surface area contributed by atoms with E-state index in [1.54, 1.807) is 0 Å². The first kappa shape index (κ1) is 17.2. The number of rotatable bonds is 7. The van der Waals surface area contributed by atoms with Crippen molar-refractivity contribution in [1.82, 2.24) is 0 Å². The number of hydrogen-bond acceptors (Lipinski definition) is 3. The van der Waals surface area contributed by atoms with Gasteiger partial charge in [-0.2, -0.15) is 0 Å². The van der Waals surface area contributed by atoms with Crippen molar-refractivity contribution in [3.63, 3.8) is 0 Å². The van der Waals surface area contributed by atoms with Crippen LogP contribution in [0.1, 0.15) is 18.9 Å². The summed E-state index contributed by atoms with van der Waals surface area (Å²) in [6, 6.07) is 18.9. The normalized spacial score (nSPS) is 12.2. The number of carbonyl (C=O) groups excluding carboxylic acids is 1. The predicted molar refractivity (Wildman–Crippen MR) is 101 cm³/mol. The molecule has 0 amide bonds. The van der Waals surface area contributed by atoms with Crippen LogP contribution in [-0.4, -0.2) is 18.7 Å². The van der Waals surface area contributed by atoms with Gasteiger partial charge in [0, 0.05) is 6.08 Å². The molecule has 0 spiro atoms. The Morgan fingerprint density at radius 2 is 1.68 bits per heavy atom. The molecule has 3 aromatic carbocycles. The number of esters is 1. The summed E-state index contributed by atoms with van der Waals surface area (Å²) in [6.07, 6.45) is 1.63. The molecule has 1 atom stereocenters. The molecule has 0 saturated heterocycles. The highest BCUT2D eigenvalue weighted by atomic mass is 16.6. The maximum absolute atomic E-state index is 11.4. The third-order valence-electron chi connectivity index (χ3n) is 4.34. The lowest BCUT2D eigenvalue weighted by molar-refractivity contribution is -0.146. The Hall–Kier alpha value is -2.65. The van der Waals surface area contributed by atoms with E-state index in [-0.39, 0.29) is 6.10 Å². The molecule has 0 aliphatic carbocycles. The van der Waals surface area contributed by atoms with Gasteiger partial charge in [0.25, 0.3) is 0 Å². The Labute approximate surface area is 147 Å². The van der Waals surface area contributed by atoms with Crippen molar-refractivity contribution in [2.24, 2.45) is 0 Å². The molecule has 0 fully saturated rings. The Kier molecular flexibility index (Phi) is 5.46. The molecule has 0 aromatic heterocycles. The second-order valence-electron chi connectivity index (χ2n) is 5.98. The molecule has 0 bridgehead atoms. The summed E-state index contributed by atoms with van der Waals surface area (Å²) in [7, 11) is 0. The van der Waals surface area contributed by atoms with Gasteiger partial charge in [-0.15, -0.1) is 0 Å². The largest absolute Gasteiger partial charge is 0.457 e. The highest BCUT2D eigenvalue weighted by molar-refractivity contribution is 6.02. The summed E-state index contributed by atoms with van der Waals surface area (Å²) < 4.78 is 11.2. The Balaban J connectivity index is 1.84. The van der Waals surface area contributed by atoms with Crippen molar-refractivity contribution in [1.29, 1.82) is 0 Å². The van der Waals surface area contributed by atoms with Crippen molar-refractivity contribution in [3.05, 3.63) is 72.8 Å². The van der Waals surface area contributed by atoms with Gasteiger partial charge in [-0.1, -0.05) is 62.0 Å². The number of hydrogen-bond donors (Lipinski definition) is 0. The smallest absolute Gasteiger partial charge is 0.330 e. The Bertz CT molecular complexity index is 844. The maximum Gasteiger partial charge on any atom is 0.330 e. The summed E-state index contributed by atoms with van der Waals surface area (Å²) in [5, 5.41) is 4.78. The summed E-state index contributed by atoms with van der Waals surface area (Å²) in [5.41, 5.74) is 1.17. The van der Waals surface area contributed by atoms with Crippen molar-refractivity contribution < 1.29 is 14.3 Å². The number of benzene rings is 3. The molecular formula is C22H22O3.